The SMILES string of the molecule is CNC(=O)CCNS(=O)(=O)c1cc(N)cc(F)c1. The van der Waals surface area contributed by atoms with Crippen molar-refractivity contribution in [1.82, 2.24) is 10.0 Å². The van der Waals surface area contributed by atoms with E-state index in [1.54, 1.807) is 0 Å². The van der Waals surface area contributed by atoms with Crippen molar-refractivity contribution in [3.8, 4) is 0 Å². The predicted molar refractivity (Wildman–Crippen MR) is 64.7 cm³/mol. The number of nitrogens with one attached hydrogen (secondary N) is 2. The zero-order valence-electron chi connectivity index (χ0n) is 9.73. The quantitative estimate of drug-likeness (QED) is 0.649. The number of carbonyl (C=O) groups is 1. The van der Waals surface area contributed by atoms with Gasteiger partial charge in [-0.05, 0) is 18.2 Å². The lowest BCUT2D eigenvalue weighted by Crippen LogP contribution is -2.29. The van der Waals surface area contributed by atoms with Crippen molar-refractivity contribution >= 4 is 21.6 Å². The molecule has 0 spiro atoms. The van der Waals surface area contributed by atoms with Gasteiger partial charge >= 0.3 is 0 Å². The molecule has 0 heterocycles. The van der Waals surface area contributed by atoms with Crippen molar-refractivity contribution in [2.45, 2.75) is 11.3 Å². The molecule has 1 amide bonds. The number of halogens is 1. The standard InChI is InChI=1S/C10H14FN3O3S/c1-13-10(15)2-3-14-18(16,17)9-5-7(11)4-8(12)6-9/h4-6,14H,2-3,12H2,1H3,(H,13,15). The van der Waals surface area contributed by atoms with Crippen LogP contribution in [0.15, 0.2) is 23.1 Å². The van der Waals surface area contributed by atoms with Crippen molar-refractivity contribution in [3.05, 3.63) is 24.0 Å². The number of amides is 1. The predicted octanol–water partition coefficient (Wildman–Crippen LogP) is -0.178. The fraction of sp³-hybridized carbons (Fsp3) is 0.300. The number of hydrogen-bond donors (Lipinski definition) is 3. The first kappa shape index (κ1) is 14.4. The molecule has 1 aromatic carbocycles. The zero-order valence-corrected chi connectivity index (χ0v) is 10.6. The number of hydrogen-bond acceptors (Lipinski definition) is 4. The van der Waals surface area contributed by atoms with E-state index in [9.17, 15) is 17.6 Å². The summed E-state index contributed by atoms with van der Waals surface area (Å²) in [6.07, 6.45) is 0.000524. The summed E-state index contributed by atoms with van der Waals surface area (Å²) < 4.78 is 38.7. The topological polar surface area (TPSA) is 101 Å². The summed E-state index contributed by atoms with van der Waals surface area (Å²) in [7, 11) is -2.41. The number of sulfonamides is 1. The van der Waals surface area contributed by atoms with Crippen LogP contribution in [0.3, 0.4) is 0 Å². The molecule has 0 aliphatic heterocycles. The Balaban J connectivity index is 2.77. The number of anilines is 1. The molecule has 0 bridgehead atoms. The van der Waals surface area contributed by atoms with Gasteiger partial charge in [-0.3, -0.25) is 4.79 Å². The number of carbonyl (C=O) groups excluding carboxylic acids is 1. The summed E-state index contributed by atoms with van der Waals surface area (Å²) in [4.78, 5) is 10.6. The van der Waals surface area contributed by atoms with Gasteiger partial charge < -0.3 is 11.1 Å². The molecule has 0 aliphatic carbocycles. The molecule has 6 nitrogen and oxygen atoms in total. The molecule has 0 saturated heterocycles. The van der Waals surface area contributed by atoms with E-state index in [0.29, 0.717) is 0 Å². The highest BCUT2D eigenvalue weighted by molar-refractivity contribution is 7.89. The molecule has 0 unspecified atom stereocenters. The Morgan fingerprint density at radius 1 is 1.39 bits per heavy atom. The lowest BCUT2D eigenvalue weighted by atomic mass is 10.3. The highest BCUT2D eigenvalue weighted by atomic mass is 32.2. The van der Waals surface area contributed by atoms with Crippen LogP contribution in [0, 0.1) is 5.82 Å². The average molecular weight is 275 g/mol. The second-order valence-corrected chi connectivity index (χ2v) is 5.31. The summed E-state index contributed by atoms with van der Waals surface area (Å²) in [6.45, 7) is -0.0710. The van der Waals surface area contributed by atoms with E-state index in [1.165, 1.54) is 7.05 Å². The maximum atomic E-state index is 13.0. The number of rotatable bonds is 5. The molecule has 0 aliphatic rings. The molecule has 8 heteroatoms. The van der Waals surface area contributed by atoms with Crippen LogP contribution in [0.25, 0.3) is 0 Å². The van der Waals surface area contributed by atoms with E-state index in [1.807, 2.05) is 0 Å². The third kappa shape index (κ3) is 3.97. The molecule has 0 fully saturated rings. The fourth-order valence-corrected chi connectivity index (χ4v) is 2.34. The summed E-state index contributed by atoms with van der Waals surface area (Å²) in [5.41, 5.74) is 5.37. The Bertz CT molecular complexity index is 525. The van der Waals surface area contributed by atoms with Gasteiger partial charge in [0.15, 0.2) is 0 Å². The van der Waals surface area contributed by atoms with Crippen LogP contribution in [-0.4, -0.2) is 27.9 Å². The Labute approximate surface area is 104 Å². The number of benzene rings is 1. The van der Waals surface area contributed by atoms with Crippen molar-refractivity contribution < 1.29 is 17.6 Å². The molecule has 18 heavy (non-hydrogen) atoms. The van der Waals surface area contributed by atoms with E-state index < -0.39 is 15.8 Å². The van der Waals surface area contributed by atoms with Crippen LogP contribution in [0.5, 0.6) is 0 Å². The molecule has 4 N–H and O–H groups in total. The van der Waals surface area contributed by atoms with Crippen LogP contribution in [0.2, 0.25) is 0 Å². The van der Waals surface area contributed by atoms with Crippen molar-refractivity contribution in [1.29, 1.82) is 0 Å². The van der Waals surface area contributed by atoms with Gasteiger partial charge in [0.25, 0.3) is 0 Å². The fourth-order valence-electron chi connectivity index (χ4n) is 1.25. The Kier molecular flexibility index (Phi) is 4.62. The van der Waals surface area contributed by atoms with Gasteiger partial charge in [0.1, 0.15) is 5.82 Å². The lowest BCUT2D eigenvalue weighted by molar-refractivity contribution is -0.120. The maximum Gasteiger partial charge on any atom is 0.240 e. The van der Waals surface area contributed by atoms with Gasteiger partial charge in [0, 0.05) is 25.7 Å². The Morgan fingerprint density at radius 2 is 2.06 bits per heavy atom. The van der Waals surface area contributed by atoms with E-state index in [4.69, 9.17) is 5.73 Å². The zero-order chi connectivity index (χ0) is 13.8. The Hall–Kier alpha value is -1.67. The monoisotopic (exact) mass is 275 g/mol. The summed E-state index contributed by atoms with van der Waals surface area (Å²) >= 11 is 0. The van der Waals surface area contributed by atoms with Crippen LogP contribution in [0.4, 0.5) is 10.1 Å². The first-order valence-electron chi connectivity index (χ1n) is 5.11. The minimum Gasteiger partial charge on any atom is -0.399 e. The second kappa shape index (κ2) is 5.78. The van der Waals surface area contributed by atoms with Gasteiger partial charge in [0.05, 0.1) is 4.90 Å². The van der Waals surface area contributed by atoms with Gasteiger partial charge in [-0.15, -0.1) is 0 Å². The third-order valence-corrected chi connectivity index (χ3v) is 3.57. The molecule has 0 aromatic heterocycles. The molecule has 1 aromatic rings. The van der Waals surface area contributed by atoms with Crippen LogP contribution in [0.1, 0.15) is 6.42 Å². The van der Waals surface area contributed by atoms with Gasteiger partial charge in [-0.2, -0.15) is 0 Å². The number of nitrogens with two attached hydrogens (primary N) is 1. The van der Waals surface area contributed by atoms with Gasteiger partial charge in [-0.1, -0.05) is 0 Å². The molecule has 100 valence electrons. The molecule has 0 radical (unpaired) electrons. The minimum atomic E-state index is -3.86. The first-order chi connectivity index (χ1) is 8.35. The van der Waals surface area contributed by atoms with Gasteiger partial charge in [-0.25, -0.2) is 17.5 Å². The third-order valence-electron chi connectivity index (χ3n) is 2.13. The van der Waals surface area contributed by atoms with Crippen LogP contribution in [-0.2, 0) is 14.8 Å². The van der Waals surface area contributed by atoms with E-state index in [-0.39, 0.29) is 29.5 Å². The average Bonchev–Trinajstić information content (AvgIpc) is 2.27. The molecule has 0 saturated carbocycles. The lowest BCUT2D eigenvalue weighted by Gasteiger charge is -2.07. The van der Waals surface area contributed by atoms with Crippen LogP contribution < -0.4 is 15.8 Å². The van der Waals surface area contributed by atoms with Gasteiger partial charge in [0.2, 0.25) is 15.9 Å². The minimum absolute atomic E-state index is 0.000524. The smallest absolute Gasteiger partial charge is 0.240 e. The Morgan fingerprint density at radius 3 is 2.61 bits per heavy atom. The molecular formula is C10H14FN3O3S. The normalized spacial score (nSPS) is 11.2. The highest BCUT2D eigenvalue weighted by Gasteiger charge is 2.15. The molecule has 0 atom stereocenters. The largest absolute Gasteiger partial charge is 0.399 e. The summed E-state index contributed by atoms with van der Waals surface area (Å²) in [5, 5.41) is 2.36. The van der Waals surface area contributed by atoms with Crippen molar-refractivity contribution in [2.75, 3.05) is 19.3 Å². The van der Waals surface area contributed by atoms with Crippen molar-refractivity contribution in [2.24, 2.45) is 0 Å². The van der Waals surface area contributed by atoms with E-state index in [0.717, 1.165) is 18.2 Å². The van der Waals surface area contributed by atoms with Crippen LogP contribution >= 0.6 is 0 Å². The van der Waals surface area contributed by atoms with E-state index >= 15 is 0 Å². The molecular weight excluding hydrogens is 261 g/mol. The summed E-state index contributed by atoms with van der Waals surface area (Å²) in [6, 6.07) is 3.02. The maximum absolute atomic E-state index is 13.0. The van der Waals surface area contributed by atoms with Crippen molar-refractivity contribution in [3.63, 3.8) is 0 Å². The first-order valence-corrected chi connectivity index (χ1v) is 6.60. The molecule has 1 rings (SSSR count). The number of nitrogen functional groups attached to an aromatic ring is 1. The second-order valence-electron chi connectivity index (χ2n) is 3.54. The van der Waals surface area contributed by atoms with E-state index in [2.05, 4.69) is 10.0 Å². The highest BCUT2D eigenvalue weighted by Crippen LogP contribution is 2.15. The summed E-state index contributed by atoms with van der Waals surface area (Å²) in [5.74, 6) is -1.03.